The summed E-state index contributed by atoms with van der Waals surface area (Å²) in [6.45, 7) is 3.41. The van der Waals surface area contributed by atoms with E-state index >= 15 is 0 Å². The van der Waals surface area contributed by atoms with Crippen molar-refractivity contribution >= 4 is 0 Å². The minimum atomic E-state index is -4.41. The van der Waals surface area contributed by atoms with Crippen molar-refractivity contribution in [3.63, 3.8) is 0 Å². The van der Waals surface area contributed by atoms with E-state index in [-0.39, 0.29) is 18.9 Å². The van der Waals surface area contributed by atoms with Gasteiger partial charge in [-0.1, -0.05) is 6.07 Å². The second-order valence-electron chi connectivity index (χ2n) is 5.48. The summed E-state index contributed by atoms with van der Waals surface area (Å²) in [5.41, 5.74) is 0.298. The van der Waals surface area contributed by atoms with Crippen molar-refractivity contribution in [3.8, 4) is 5.75 Å². The van der Waals surface area contributed by atoms with Gasteiger partial charge in [-0.25, -0.2) is 0 Å². The van der Waals surface area contributed by atoms with Crippen LogP contribution in [0.25, 0.3) is 0 Å². The van der Waals surface area contributed by atoms with E-state index in [0.717, 1.165) is 17.7 Å². The Morgan fingerprint density at radius 1 is 1.38 bits per heavy atom. The quantitative estimate of drug-likeness (QED) is 0.722. The number of benzene rings is 1. The number of halogens is 3. The molecule has 0 radical (unpaired) electrons. The van der Waals surface area contributed by atoms with Gasteiger partial charge >= 0.3 is 6.18 Å². The molecular weight excluding hydrogens is 323 g/mol. The standard InChI is InChI=1S/C16H20F3N3O2/c1-12-8-21-22(10-12)6-5-20-9-14(23)11-24-15-4-2-3-13(7-15)16(17,18)19/h2-4,7-8,10,14,20,23H,5-6,9,11H2,1H3/t14-/m1/s1. The molecule has 0 fully saturated rings. The smallest absolute Gasteiger partial charge is 0.416 e. The van der Waals surface area contributed by atoms with Crippen molar-refractivity contribution in [1.29, 1.82) is 0 Å². The minimum Gasteiger partial charge on any atom is -0.491 e. The number of aliphatic hydroxyl groups is 1. The molecule has 24 heavy (non-hydrogen) atoms. The molecule has 132 valence electrons. The molecule has 1 aromatic heterocycles. The van der Waals surface area contributed by atoms with Crippen molar-refractivity contribution in [1.82, 2.24) is 15.1 Å². The van der Waals surface area contributed by atoms with Gasteiger partial charge in [0.25, 0.3) is 0 Å². The van der Waals surface area contributed by atoms with Crippen LogP contribution in [-0.2, 0) is 12.7 Å². The summed E-state index contributed by atoms with van der Waals surface area (Å²) in [4.78, 5) is 0. The molecule has 0 bridgehead atoms. The maximum absolute atomic E-state index is 12.6. The summed E-state index contributed by atoms with van der Waals surface area (Å²) in [6.07, 6.45) is -1.56. The van der Waals surface area contributed by atoms with Gasteiger partial charge in [-0.15, -0.1) is 0 Å². The number of aromatic nitrogens is 2. The van der Waals surface area contributed by atoms with Crippen LogP contribution in [0.1, 0.15) is 11.1 Å². The molecule has 2 N–H and O–H groups in total. The van der Waals surface area contributed by atoms with Gasteiger partial charge in [-0.3, -0.25) is 4.68 Å². The zero-order chi connectivity index (χ0) is 17.6. The number of ether oxygens (including phenoxy) is 1. The molecular formula is C16H20F3N3O2. The average molecular weight is 343 g/mol. The molecule has 0 saturated carbocycles. The number of nitrogens with zero attached hydrogens (tertiary/aromatic N) is 2. The van der Waals surface area contributed by atoms with Crippen LogP contribution in [0.4, 0.5) is 13.2 Å². The van der Waals surface area contributed by atoms with Crippen molar-refractivity contribution in [3.05, 3.63) is 47.8 Å². The lowest BCUT2D eigenvalue weighted by Crippen LogP contribution is -2.33. The van der Waals surface area contributed by atoms with Crippen molar-refractivity contribution < 1.29 is 23.0 Å². The number of hydrogen-bond acceptors (Lipinski definition) is 4. The first kappa shape index (κ1) is 18.3. The first-order valence-electron chi connectivity index (χ1n) is 7.52. The number of aryl methyl sites for hydroxylation is 1. The SMILES string of the molecule is Cc1cnn(CCNC[C@@H](O)COc2cccc(C(F)(F)F)c2)c1. The average Bonchev–Trinajstić information content (AvgIpc) is 2.94. The van der Waals surface area contributed by atoms with Gasteiger partial charge in [0.05, 0.1) is 18.3 Å². The van der Waals surface area contributed by atoms with E-state index in [1.54, 1.807) is 10.9 Å². The van der Waals surface area contributed by atoms with Crippen LogP contribution in [0.5, 0.6) is 5.75 Å². The first-order valence-corrected chi connectivity index (χ1v) is 7.52. The van der Waals surface area contributed by atoms with Crippen LogP contribution < -0.4 is 10.1 Å². The summed E-state index contributed by atoms with van der Waals surface area (Å²) < 4.78 is 44.8. The molecule has 0 unspecified atom stereocenters. The fourth-order valence-corrected chi connectivity index (χ4v) is 2.07. The van der Waals surface area contributed by atoms with Gasteiger partial charge in [-0.05, 0) is 30.7 Å². The number of nitrogens with one attached hydrogen (secondary N) is 1. The molecule has 1 atom stereocenters. The molecule has 2 aromatic rings. The van der Waals surface area contributed by atoms with Gasteiger partial charge < -0.3 is 15.2 Å². The maximum Gasteiger partial charge on any atom is 0.416 e. The Kier molecular flexibility index (Phi) is 6.22. The second kappa shape index (κ2) is 8.16. The van der Waals surface area contributed by atoms with E-state index < -0.39 is 17.8 Å². The number of hydrogen-bond donors (Lipinski definition) is 2. The van der Waals surface area contributed by atoms with E-state index in [9.17, 15) is 18.3 Å². The lowest BCUT2D eigenvalue weighted by molar-refractivity contribution is -0.137. The van der Waals surface area contributed by atoms with Crippen LogP contribution in [0, 0.1) is 6.92 Å². The number of aliphatic hydroxyl groups excluding tert-OH is 1. The highest BCUT2D eigenvalue weighted by Crippen LogP contribution is 2.31. The molecule has 8 heteroatoms. The molecule has 0 aliphatic heterocycles. The lowest BCUT2D eigenvalue weighted by atomic mass is 10.2. The summed E-state index contributed by atoms with van der Waals surface area (Å²) in [7, 11) is 0. The Labute approximate surface area is 138 Å². The zero-order valence-electron chi connectivity index (χ0n) is 13.3. The van der Waals surface area contributed by atoms with Gasteiger partial charge in [0.15, 0.2) is 0 Å². The fraction of sp³-hybridized carbons (Fsp3) is 0.438. The van der Waals surface area contributed by atoms with E-state index in [1.165, 1.54) is 12.1 Å². The Morgan fingerprint density at radius 2 is 2.17 bits per heavy atom. The monoisotopic (exact) mass is 343 g/mol. The van der Waals surface area contributed by atoms with Gasteiger partial charge in [-0.2, -0.15) is 18.3 Å². The Bertz CT molecular complexity index is 643. The molecule has 0 spiro atoms. The predicted molar refractivity (Wildman–Crippen MR) is 82.8 cm³/mol. The normalized spacial score (nSPS) is 13.0. The highest BCUT2D eigenvalue weighted by Gasteiger charge is 2.30. The first-order chi connectivity index (χ1) is 11.3. The van der Waals surface area contributed by atoms with Crippen LogP contribution >= 0.6 is 0 Å². The Balaban J connectivity index is 1.68. The zero-order valence-corrected chi connectivity index (χ0v) is 13.3. The highest BCUT2D eigenvalue weighted by atomic mass is 19.4. The van der Waals surface area contributed by atoms with Crippen molar-refractivity contribution in [2.45, 2.75) is 25.7 Å². The largest absolute Gasteiger partial charge is 0.491 e. The summed E-state index contributed by atoms with van der Waals surface area (Å²) in [5, 5.41) is 17.0. The van der Waals surface area contributed by atoms with Gasteiger partial charge in [0.2, 0.25) is 0 Å². The van der Waals surface area contributed by atoms with Crippen LogP contribution in [0.3, 0.4) is 0 Å². The molecule has 2 rings (SSSR count). The second-order valence-corrected chi connectivity index (χ2v) is 5.48. The van der Waals surface area contributed by atoms with E-state index in [2.05, 4.69) is 10.4 Å². The van der Waals surface area contributed by atoms with E-state index in [0.29, 0.717) is 13.1 Å². The molecule has 0 saturated heterocycles. The molecule has 1 heterocycles. The molecule has 5 nitrogen and oxygen atoms in total. The fourth-order valence-electron chi connectivity index (χ4n) is 2.07. The summed E-state index contributed by atoms with van der Waals surface area (Å²) in [6, 6.07) is 4.59. The minimum absolute atomic E-state index is 0.0795. The molecule has 0 amide bonds. The van der Waals surface area contributed by atoms with E-state index in [4.69, 9.17) is 4.74 Å². The summed E-state index contributed by atoms with van der Waals surface area (Å²) >= 11 is 0. The van der Waals surface area contributed by atoms with E-state index in [1.807, 2.05) is 13.1 Å². The Hall–Kier alpha value is -2.06. The van der Waals surface area contributed by atoms with Gasteiger partial charge in [0, 0.05) is 19.3 Å². The number of alkyl halides is 3. The van der Waals surface area contributed by atoms with Gasteiger partial charge in [0.1, 0.15) is 18.5 Å². The third kappa shape index (κ3) is 5.86. The predicted octanol–water partition coefficient (Wildman–Crippen LogP) is 2.24. The van der Waals surface area contributed by atoms with Crippen LogP contribution in [-0.4, -0.2) is 40.7 Å². The maximum atomic E-state index is 12.6. The third-order valence-corrected chi connectivity index (χ3v) is 3.26. The third-order valence-electron chi connectivity index (χ3n) is 3.26. The highest BCUT2D eigenvalue weighted by molar-refractivity contribution is 5.30. The topological polar surface area (TPSA) is 59.3 Å². The van der Waals surface area contributed by atoms with Crippen LogP contribution in [0.2, 0.25) is 0 Å². The molecule has 1 aromatic carbocycles. The lowest BCUT2D eigenvalue weighted by Gasteiger charge is -2.14. The Morgan fingerprint density at radius 3 is 2.83 bits per heavy atom. The summed E-state index contributed by atoms with van der Waals surface area (Å²) in [5.74, 6) is 0.0795. The number of rotatable bonds is 8. The molecule has 0 aliphatic carbocycles. The van der Waals surface area contributed by atoms with Crippen molar-refractivity contribution in [2.75, 3.05) is 19.7 Å². The van der Waals surface area contributed by atoms with Crippen molar-refractivity contribution in [2.24, 2.45) is 0 Å². The molecule has 0 aliphatic rings. The van der Waals surface area contributed by atoms with Crippen LogP contribution in [0.15, 0.2) is 36.7 Å².